The van der Waals surface area contributed by atoms with Gasteiger partial charge in [0.15, 0.2) is 0 Å². The van der Waals surface area contributed by atoms with E-state index in [0.717, 1.165) is 36.5 Å². The summed E-state index contributed by atoms with van der Waals surface area (Å²) in [5, 5.41) is 10.1. The van der Waals surface area contributed by atoms with E-state index in [9.17, 15) is 9.90 Å². The van der Waals surface area contributed by atoms with Crippen molar-refractivity contribution in [3.05, 3.63) is 0 Å². The summed E-state index contributed by atoms with van der Waals surface area (Å²) in [5.41, 5.74) is 0.699. The van der Waals surface area contributed by atoms with Gasteiger partial charge in [0, 0.05) is 5.92 Å². The van der Waals surface area contributed by atoms with Crippen molar-refractivity contribution in [1.29, 1.82) is 0 Å². The van der Waals surface area contributed by atoms with Crippen LogP contribution in [-0.4, -0.2) is 17.0 Å². The van der Waals surface area contributed by atoms with Crippen molar-refractivity contribution >= 4 is 5.78 Å². The fourth-order valence-corrected chi connectivity index (χ4v) is 8.46. The van der Waals surface area contributed by atoms with Crippen molar-refractivity contribution in [3.8, 4) is 0 Å². The number of rotatable bonds is 1. The van der Waals surface area contributed by atoms with E-state index in [1.54, 1.807) is 0 Å². The van der Waals surface area contributed by atoms with E-state index in [-0.39, 0.29) is 11.5 Å². The highest BCUT2D eigenvalue weighted by atomic mass is 16.3. The Morgan fingerprint density at radius 3 is 2.38 bits per heavy atom. The van der Waals surface area contributed by atoms with Gasteiger partial charge in [0.05, 0.1) is 6.10 Å². The van der Waals surface area contributed by atoms with Gasteiger partial charge in [0.25, 0.3) is 0 Å². The van der Waals surface area contributed by atoms with Gasteiger partial charge >= 0.3 is 0 Å². The third-order valence-electron chi connectivity index (χ3n) is 9.42. The third-order valence-corrected chi connectivity index (χ3v) is 9.42. The molecule has 9 atom stereocenters. The number of carbonyl (C=O) groups excluding carboxylic acids is 1. The molecule has 0 bridgehead atoms. The molecule has 0 aromatic rings. The lowest BCUT2D eigenvalue weighted by Crippen LogP contribution is -2.54. The number of Topliss-reactive ketones (excluding diaryl/α,β-unsaturated/α-hetero) is 1. The Labute approximate surface area is 147 Å². The van der Waals surface area contributed by atoms with Crippen molar-refractivity contribution in [3.63, 3.8) is 0 Å². The molecule has 136 valence electrons. The number of fused-ring (bicyclic) bond motifs is 5. The topological polar surface area (TPSA) is 37.3 Å². The zero-order chi connectivity index (χ0) is 17.3. The first-order chi connectivity index (χ1) is 11.3. The van der Waals surface area contributed by atoms with E-state index >= 15 is 0 Å². The first-order valence-corrected chi connectivity index (χ1v) is 10.5. The predicted molar refractivity (Wildman–Crippen MR) is 96.5 cm³/mol. The van der Waals surface area contributed by atoms with Crippen molar-refractivity contribution in [2.75, 3.05) is 0 Å². The Kier molecular flexibility index (Phi) is 3.95. The number of hydrogen-bond donors (Lipinski definition) is 1. The SMILES string of the molecule is CC(=O)[C@H]1[C@H](C)C[C@H]2[C@@H]3CC[C@@H]4C[C@@H](O)CC[C@]4(C)[C@H]3CC[C@@]21C. The average molecular weight is 333 g/mol. The summed E-state index contributed by atoms with van der Waals surface area (Å²) in [6.07, 6.45) is 9.69. The number of carbonyl (C=O) groups is 1. The lowest BCUT2D eigenvalue weighted by atomic mass is 9.44. The quantitative estimate of drug-likeness (QED) is 0.746. The number of hydrogen-bond acceptors (Lipinski definition) is 2. The van der Waals surface area contributed by atoms with Crippen molar-refractivity contribution < 1.29 is 9.90 Å². The zero-order valence-electron chi connectivity index (χ0n) is 16.1. The molecule has 24 heavy (non-hydrogen) atoms. The largest absolute Gasteiger partial charge is 0.393 e. The molecule has 4 rings (SSSR count). The third kappa shape index (κ3) is 2.20. The minimum Gasteiger partial charge on any atom is -0.393 e. The summed E-state index contributed by atoms with van der Waals surface area (Å²) in [7, 11) is 0. The smallest absolute Gasteiger partial charge is 0.133 e. The predicted octanol–water partition coefficient (Wildman–Crippen LogP) is 4.84. The van der Waals surface area contributed by atoms with Gasteiger partial charge in [-0.3, -0.25) is 4.79 Å². The van der Waals surface area contributed by atoms with E-state index in [2.05, 4.69) is 20.8 Å². The molecule has 2 nitrogen and oxygen atoms in total. The molecule has 2 heteroatoms. The van der Waals surface area contributed by atoms with E-state index in [1.807, 2.05) is 6.92 Å². The molecule has 4 saturated carbocycles. The minimum atomic E-state index is -0.0536. The van der Waals surface area contributed by atoms with Crippen LogP contribution in [0.4, 0.5) is 0 Å². The Hall–Kier alpha value is -0.370. The summed E-state index contributed by atoms with van der Waals surface area (Å²) in [6, 6.07) is 0. The summed E-state index contributed by atoms with van der Waals surface area (Å²) in [6.45, 7) is 9.16. The first kappa shape index (κ1) is 17.1. The Bertz CT molecular complexity index is 528. The van der Waals surface area contributed by atoms with Gasteiger partial charge in [-0.2, -0.15) is 0 Å². The number of aliphatic hydroxyl groups is 1. The number of ketones is 1. The van der Waals surface area contributed by atoms with Crippen LogP contribution in [0.25, 0.3) is 0 Å². The molecular formula is C22H36O2. The highest BCUT2D eigenvalue weighted by molar-refractivity contribution is 5.80. The van der Waals surface area contributed by atoms with E-state index < -0.39 is 0 Å². The Morgan fingerprint density at radius 1 is 0.958 bits per heavy atom. The van der Waals surface area contributed by atoms with Gasteiger partial charge < -0.3 is 5.11 Å². The monoisotopic (exact) mass is 332 g/mol. The molecule has 0 amide bonds. The van der Waals surface area contributed by atoms with Crippen LogP contribution >= 0.6 is 0 Å². The second kappa shape index (κ2) is 5.56. The second-order valence-electron chi connectivity index (χ2n) is 10.4. The van der Waals surface area contributed by atoms with Gasteiger partial charge in [-0.1, -0.05) is 20.8 Å². The van der Waals surface area contributed by atoms with Crippen molar-refractivity contribution in [2.24, 2.45) is 46.3 Å². The van der Waals surface area contributed by atoms with Gasteiger partial charge in [0.1, 0.15) is 5.78 Å². The van der Waals surface area contributed by atoms with Crippen molar-refractivity contribution in [2.45, 2.75) is 85.2 Å². The molecule has 0 saturated heterocycles. The maximum absolute atomic E-state index is 12.4. The van der Waals surface area contributed by atoms with Crippen LogP contribution in [0.3, 0.4) is 0 Å². The summed E-state index contributed by atoms with van der Waals surface area (Å²) < 4.78 is 0. The van der Waals surface area contributed by atoms with E-state index in [0.29, 0.717) is 23.0 Å². The summed E-state index contributed by atoms with van der Waals surface area (Å²) in [4.78, 5) is 12.4. The van der Waals surface area contributed by atoms with Crippen molar-refractivity contribution in [1.82, 2.24) is 0 Å². The molecule has 0 aromatic carbocycles. The van der Waals surface area contributed by atoms with Crippen LogP contribution in [0.5, 0.6) is 0 Å². The normalized spacial score (nSPS) is 57.0. The Morgan fingerprint density at radius 2 is 1.67 bits per heavy atom. The highest BCUT2D eigenvalue weighted by Crippen LogP contribution is 2.68. The van der Waals surface area contributed by atoms with Gasteiger partial charge in [-0.15, -0.1) is 0 Å². The highest BCUT2D eigenvalue weighted by Gasteiger charge is 2.62. The van der Waals surface area contributed by atoms with Crippen LogP contribution in [0.15, 0.2) is 0 Å². The molecule has 4 aliphatic rings. The molecule has 0 aliphatic heterocycles. The summed E-state index contributed by atoms with van der Waals surface area (Å²) >= 11 is 0. The van der Waals surface area contributed by atoms with Gasteiger partial charge in [-0.05, 0) is 98.7 Å². The van der Waals surface area contributed by atoms with E-state index in [1.165, 1.54) is 38.5 Å². The maximum atomic E-state index is 12.4. The zero-order valence-corrected chi connectivity index (χ0v) is 16.1. The molecule has 0 radical (unpaired) electrons. The van der Waals surface area contributed by atoms with Crippen LogP contribution in [0, 0.1) is 46.3 Å². The standard InChI is InChI=1S/C22H36O2/c1-13-11-19-17-6-5-15-12-16(24)7-9-21(15,3)18(17)8-10-22(19,4)20(13)14(2)23/h13,15-20,24H,5-12H2,1-4H3/t13-,15-,16+,17-,18+,19+,20-,21+,22+/m1/s1. The molecule has 0 spiro atoms. The molecule has 4 fully saturated rings. The average Bonchev–Trinajstić information content (AvgIpc) is 2.78. The minimum absolute atomic E-state index is 0.0536. The molecule has 0 aromatic heterocycles. The lowest BCUT2D eigenvalue weighted by Gasteiger charge is -2.60. The molecule has 1 N–H and O–H groups in total. The molecule has 4 aliphatic carbocycles. The van der Waals surface area contributed by atoms with Gasteiger partial charge in [-0.25, -0.2) is 0 Å². The lowest BCUT2D eigenvalue weighted by molar-refractivity contribution is -0.139. The van der Waals surface area contributed by atoms with Crippen LogP contribution in [0.2, 0.25) is 0 Å². The maximum Gasteiger partial charge on any atom is 0.133 e. The fraction of sp³-hybridized carbons (Fsp3) is 0.955. The molecule has 0 unspecified atom stereocenters. The molecular weight excluding hydrogens is 296 g/mol. The first-order valence-electron chi connectivity index (χ1n) is 10.5. The van der Waals surface area contributed by atoms with Crippen LogP contribution in [0.1, 0.15) is 79.1 Å². The Balaban J connectivity index is 1.64. The fourth-order valence-electron chi connectivity index (χ4n) is 8.46. The van der Waals surface area contributed by atoms with E-state index in [4.69, 9.17) is 0 Å². The van der Waals surface area contributed by atoms with Gasteiger partial charge in [0.2, 0.25) is 0 Å². The second-order valence-corrected chi connectivity index (χ2v) is 10.4. The van der Waals surface area contributed by atoms with Crippen LogP contribution in [-0.2, 0) is 4.79 Å². The van der Waals surface area contributed by atoms with Crippen LogP contribution < -0.4 is 0 Å². The number of aliphatic hydroxyl groups excluding tert-OH is 1. The summed E-state index contributed by atoms with van der Waals surface area (Å²) in [5.74, 6) is 4.44. The molecule has 0 heterocycles.